The highest BCUT2D eigenvalue weighted by Crippen LogP contribution is 2.20. The molecule has 1 fully saturated rings. The van der Waals surface area contributed by atoms with Gasteiger partial charge in [-0.1, -0.05) is 0 Å². The zero-order valence-corrected chi connectivity index (χ0v) is 10.5. The summed E-state index contributed by atoms with van der Waals surface area (Å²) in [5.74, 6) is 1.33. The van der Waals surface area contributed by atoms with Crippen LogP contribution < -0.4 is 0 Å². The first-order valence-electron chi connectivity index (χ1n) is 5.47. The SMILES string of the molecule is CN1CCN(C)C(c2nccc(CCl)n2)C1. The minimum atomic E-state index is 0.280. The summed E-state index contributed by atoms with van der Waals surface area (Å²) in [5, 5.41) is 0. The summed E-state index contributed by atoms with van der Waals surface area (Å²) in [4.78, 5) is 13.5. The Labute approximate surface area is 101 Å². The van der Waals surface area contributed by atoms with E-state index in [1.807, 2.05) is 6.07 Å². The average molecular weight is 241 g/mol. The van der Waals surface area contributed by atoms with E-state index in [1.165, 1.54) is 0 Å². The number of rotatable bonds is 2. The Morgan fingerprint density at radius 1 is 1.44 bits per heavy atom. The highest BCUT2D eigenvalue weighted by Gasteiger charge is 2.25. The van der Waals surface area contributed by atoms with Gasteiger partial charge in [0, 0.05) is 25.8 Å². The zero-order chi connectivity index (χ0) is 11.5. The number of hydrogen-bond donors (Lipinski definition) is 0. The maximum Gasteiger partial charge on any atom is 0.146 e. The fraction of sp³-hybridized carbons (Fsp3) is 0.636. The minimum absolute atomic E-state index is 0.280. The molecule has 0 N–H and O–H groups in total. The van der Waals surface area contributed by atoms with Crippen molar-refractivity contribution in [3.8, 4) is 0 Å². The van der Waals surface area contributed by atoms with Gasteiger partial charge in [-0.25, -0.2) is 9.97 Å². The van der Waals surface area contributed by atoms with Crippen molar-refractivity contribution >= 4 is 11.6 Å². The molecule has 1 aliphatic heterocycles. The number of aromatic nitrogens is 2. The van der Waals surface area contributed by atoms with Crippen molar-refractivity contribution in [1.82, 2.24) is 19.8 Å². The van der Waals surface area contributed by atoms with Gasteiger partial charge in [0.2, 0.25) is 0 Å². The monoisotopic (exact) mass is 240 g/mol. The third-order valence-electron chi connectivity index (χ3n) is 3.02. The molecule has 1 unspecified atom stereocenters. The maximum absolute atomic E-state index is 5.79. The molecule has 16 heavy (non-hydrogen) atoms. The summed E-state index contributed by atoms with van der Waals surface area (Å²) >= 11 is 5.79. The van der Waals surface area contributed by atoms with Crippen molar-refractivity contribution in [2.45, 2.75) is 11.9 Å². The summed E-state index contributed by atoms with van der Waals surface area (Å²) in [6.07, 6.45) is 1.79. The summed E-state index contributed by atoms with van der Waals surface area (Å²) < 4.78 is 0. The van der Waals surface area contributed by atoms with Crippen molar-refractivity contribution < 1.29 is 0 Å². The number of alkyl halides is 1. The quantitative estimate of drug-likeness (QED) is 0.726. The van der Waals surface area contributed by atoms with Crippen LogP contribution in [0.1, 0.15) is 17.6 Å². The molecule has 0 saturated carbocycles. The van der Waals surface area contributed by atoms with Crippen LogP contribution in [-0.2, 0) is 5.88 Å². The van der Waals surface area contributed by atoms with E-state index in [0.717, 1.165) is 31.2 Å². The number of halogens is 1. The van der Waals surface area contributed by atoms with E-state index in [-0.39, 0.29) is 6.04 Å². The van der Waals surface area contributed by atoms with E-state index in [9.17, 15) is 0 Å². The van der Waals surface area contributed by atoms with Crippen LogP contribution in [0.3, 0.4) is 0 Å². The summed E-state index contributed by atoms with van der Waals surface area (Å²) in [6.45, 7) is 3.13. The first kappa shape index (κ1) is 11.8. The topological polar surface area (TPSA) is 32.3 Å². The Hall–Kier alpha value is -0.710. The molecule has 5 heteroatoms. The third-order valence-corrected chi connectivity index (χ3v) is 3.29. The Kier molecular flexibility index (Phi) is 3.74. The molecule has 0 bridgehead atoms. The molecule has 2 rings (SSSR count). The van der Waals surface area contributed by atoms with E-state index in [1.54, 1.807) is 6.20 Å². The summed E-state index contributed by atoms with van der Waals surface area (Å²) in [7, 11) is 4.25. The van der Waals surface area contributed by atoms with Gasteiger partial charge >= 0.3 is 0 Å². The number of likely N-dealkylation sites (N-methyl/N-ethyl adjacent to an activating group) is 2. The second-order valence-electron chi connectivity index (χ2n) is 4.30. The molecular weight excluding hydrogens is 224 g/mol. The molecule has 0 aromatic carbocycles. The highest BCUT2D eigenvalue weighted by molar-refractivity contribution is 6.16. The van der Waals surface area contributed by atoms with Gasteiger partial charge in [0.1, 0.15) is 5.82 Å². The molecule has 0 radical (unpaired) electrons. The van der Waals surface area contributed by atoms with Gasteiger partial charge < -0.3 is 4.90 Å². The van der Waals surface area contributed by atoms with Crippen LogP contribution in [0, 0.1) is 0 Å². The summed E-state index contributed by atoms with van der Waals surface area (Å²) in [6, 6.07) is 2.14. The Morgan fingerprint density at radius 2 is 2.25 bits per heavy atom. The Balaban J connectivity index is 2.20. The van der Waals surface area contributed by atoms with E-state index in [4.69, 9.17) is 11.6 Å². The van der Waals surface area contributed by atoms with Crippen LogP contribution in [-0.4, -0.2) is 53.5 Å². The number of nitrogens with zero attached hydrogens (tertiary/aromatic N) is 4. The third kappa shape index (κ3) is 2.51. The molecule has 4 nitrogen and oxygen atoms in total. The summed E-state index contributed by atoms with van der Waals surface area (Å²) in [5.41, 5.74) is 0.897. The van der Waals surface area contributed by atoms with Crippen LogP contribution in [0.5, 0.6) is 0 Å². The predicted octanol–water partition coefficient (Wildman–Crippen LogP) is 1.13. The van der Waals surface area contributed by atoms with E-state index in [0.29, 0.717) is 5.88 Å². The normalized spacial score (nSPS) is 23.6. The zero-order valence-electron chi connectivity index (χ0n) is 9.73. The van der Waals surface area contributed by atoms with Crippen molar-refractivity contribution in [2.75, 3.05) is 33.7 Å². The lowest BCUT2D eigenvalue weighted by Gasteiger charge is -2.36. The fourth-order valence-electron chi connectivity index (χ4n) is 1.94. The van der Waals surface area contributed by atoms with Crippen molar-refractivity contribution in [3.05, 3.63) is 23.8 Å². The van der Waals surface area contributed by atoms with Gasteiger partial charge in [0.05, 0.1) is 17.6 Å². The van der Waals surface area contributed by atoms with Crippen LogP contribution in [0.25, 0.3) is 0 Å². The molecule has 1 aliphatic rings. The van der Waals surface area contributed by atoms with Crippen molar-refractivity contribution in [3.63, 3.8) is 0 Å². The van der Waals surface area contributed by atoms with Crippen molar-refractivity contribution in [1.29, 1.82) is 0 Å². The number of hydrogen-bond acceptors (Lipinski definition) is 4. The molecule has 1 aromatic rings. The molecule has 0 spiro atoms. The first-order valence-corrected chi connectivity index (χ1v) is 6.00. The molecule has 0 aliphatic carbocycles. The first-order chi connectivity index (χ1) is 7.70. The molecule has 1 atom stereocenters. The molecule has 1 saturated heterocycles. The molecule has 1 aromatic heterocycles. The lowest BCUT2D eigenvalue weighted by molar-refractivity contribution is 0.109. The van der Waals surface area contributed by atoms with Crippen LogP contribution in [0.4, 0.5) is 0 Å². The maximum atomic E-state index is 5.79. The Morgan fingerprint density at radius 3 is 3.00 bits per heavy atom. The van der Waals surface area contributed by atoms with Gasteiger partial charge in [-0.3, -0.25) is 4.90 Å². The molecule has 0 amide bonds. The van der Waals surface area contributed by atoms with Gasteiger partial charge in [-0.15, -0.1) is 11.6 Å². The van der Waals surface area contributed by atoms with Crippen LogP contribution >= 0.6 is 11.6 Å². The van der Waals surface area contributed by atoms with E-state index in [2.05, 4.69) is 33.9 Å². The lowest BCUT2D eigenvalue weighted by Crippen LogP contribution is -2.45. The van der Waals surface area contributed by atoms with E-state index >= 15 is 0 Å². The smallest absolute Gasteiger partial charge is 0.146 e. The van der Waals surface area contributed by atoms with E-state index < -0.39 is 0 Å². The molecule has 88 valence electrons. The lowest BCUT2D eigenvalue weighted by atomic mass is 10.1. The fourth-order valence-corrected chi connectivity index (χ4v) is 2.09. The minimum Gasteiger partial charge on any atom is -0.303 e. The molecule has 2 heterocycles. The molecular formula is C11H17ClN4. The second kappa shape index (κ2) is 5.08. The van der Waals surface area contributed by atoms with Gasteiger partial charge in [-0.2, -0.15) is 0 Å². The van der Waals surface area contributed by atoms with Crippen LogP contribution in [0.2, 0.25) is 0 Å². The number of piperazine rings is 1. The largest absolute Gasteiger partial charge is 0.303 e. The van der Waals surface area contributed by atoms with Gasteiger partial charge in [0.15, 0.2) is 0 Å². The van der Waals surface area contributed by atoms with Gasteiger partial charge in [-0.05, 0) is 20.2 Å². The predicted molar refractivity (Wildman–Crippen MR) is 64.5 cm³/mol. The standard InChI is InChI=1S/C11H17ClN4/c1-15-5-6-16(2)10(8-15)11-13-4-3-9(7-12)14-11/h3-4,10H,5-8H2,1-2H3. The highest BCUT2D eigenvalue weighted by atomic mass is 35.5. The Bertz CT molecular complexity index is 358. The van der Waals surface area contributed by atoms with Crippen LogP contribution in [0.15, 0.2) is 12.3 Å². The van der Waals surface area contributed by atoms with Gasteiger partial charge in [0.25, 0.3) is 0 Å². The second-order valence-corrected chi connectivity index (χ2v) is 4.57. The average Bonchev–Trinajstić information content (AvgIpc) is 2.32. The van der Waals surface area contributed by atoms with Crippen molar-refractivity contribution in [2.24, 2.45) is 0 Å².